The number of ether oxygens (including phenoxy) is 3. The van der Waals surface area contributed by atoms with E-state index in [0.717, 1.165) is 161 Å². The first kappa shape index (κ1) is 58.8. The maximum absolute atomic E-state index is 12.7. The van der Waals surface area contributed by atoms with Crippen LogP contribution in [0.3, 0.4) is 0 Å². The van der Waals surface area contributed by atoms with Gasteiger partial charge in [-0.1, -0.05) is 194 Å². The number of carbonyl (C=O) groups is 3. The number of esters is 3. The summed E-state index contributed by atoms with van der Waals surface area (Å²) in [6.45, 7) is 6.25. The fourth-order valence-electron chi connectivity index (χ4n) is 6.26. The molecule has 0 amide bonds. The molecule has 354 valence electrons. The number of allylic oxidation sites excluding steroid dienone is 20. The van der Waals surface area contributed by atoms with Gasteiger partial charge in [0.25, 0.3) is 0 Å². The molecule has 0 aliphatic rings. The molecule has 6 heteroatoms. The average molecular weight is 871 g/mol. The molecule has 0 aromatic heterocycles. The fourth-order valence-corrected chi connectivity index (χ4v) is 6.26. The summed E-state index contributed by atoms with van der Waals surface area (Å²) in [5, 5.41) is 0. The van der Waals surface area contributed by atoms with Gasteiger partial charge in [-0.15, -0.1) is 0 Å². The van der Waals surface area contributed by atoms with Crippen LogP contribution in [0.4, 0.5) is 0 Å². The molecule has 0 rings (SSSR count). The van der Waals surface area contributed by atoms with Gasteiger partial charge in [0.15, 0.2) is 6.10 Å². The third kappa shape index (κ3) is 48.7. The summed E-state index contributed by atoms with van der Waals surface area (Å²) in [5.74, 6) is -0.975. The van der Waals surface area contributed by atoms with Gasteiger partial charge in [0.1, 0.15) is 13.2 Å². The van der Waals surface area contributed by atoms with Crippen molar-refractivity contribution in [2.75, 3.05) is 13.2 Å². The van der Waals surface area contributed by atoms with E-state index in [9.17, 15) is 14.4 Å². The van der Waals surface area contributed by atoms with E-state index in [1.807, 2.05) is 0 Å². The van der Waals surface area contributed by atoms with Crippen molar-refractivity contribution in [1.82, 2.24) is 0 Å². The fraction of sp³-hybridized carbons (Fsp3) is 0.596. The first-order valence-electron chi connectivity index (χ1n) is 25.0. The Balaban J connectivity index is 4.22. The predicted molar refractivity (Wildman–Crippen MR) is 269 cm³/mol. The lowest BCUT2D eigenvalue weighted by molar-refractivity contribution is -0.167. The zero-order valence-corrected chi connectivity index (χ0v) is 40.3. The molecule has 1 atom stereocenters. The molecule has 0 saturated carbocycles. The lowest BCUT2D eigenvalue weighted by Gasteiger charge is -2.18. The van der Waals surface area contributed by atoms with Crippen molar-refractivity contribution >= 4 is 17.9 Å². The van der Waals surface area contributed by atoms with Gasteiger partial charge in [-0.3, -0.25) is 14.4 Å². The monoisotopic (exact) mass is 871 g/mol. The van der Waals surface area contributed by atoms with E-state index in [-0.39, 0.29) is 37.5 Å². The van der Waals surface area contributed by atoms with Crippen LogP contribution in [0.2, 0.25) is 0 Å². The summed E-state index contributed by atoms with van der Waals surface area (Å²) >= 11 is 0. The Labute approximate surface area is 386 Å². The molecule has 63 heavy (non-hydrogen) atoms. The molecular formula is C57H90O6. The smallest absolute Gasteiger partial charge is 0.306 e. The van der Waals surface area contributed by atoms with Gasteiger partial charge in [0.2, 0.25) is 0 Å². The Kier molecular flexibility index (Phi) is 47.1. The molecule has 0 N–H and O–H groups in total. The van der Waals surface area contributed by atoms with Crippen molar-refractivity contribution in [3.8, 4) is 0 Å². The topological polar surface area (TPSA) is 78.9 Å². The van der Waals surface area contributed by atoms with Gasteiger partial charge < -0.3 is 14.2 Å². The maximum atomic E-state index is 12.7. The normalized spacial score (nSPS) is 13.1. The van der Waals surface area contributed by atoms with Crippen LogP contribution in [-0.2, 0) is 28.6 Å². The predicted octanol–water partition coefficient (Wildman–Crippen LogP) is 16.5. The van der Waals surface area contributed by atoms with Crippen LogP contribution in [-0.4, -0.2) is 37.2 Å². The second-order valence-corrected chi connectivity index (χ2v) is 16.0. The van der Waals surface area contributed by atoms with Crippen molar-refractivity contribution < 1.29 is 28.6 Å². The van der Waals surface area contributed by atoms with Crippen molar-refractivity contribution in [2.45, 2.75) is 207 Å². The van der Waals surface area contributed by atoms with E-state index in [1.54, 1.807) is 0 Å². The zero-order chi connectivity index (χ0) is 45.8. The van der Waals surface area contributed by atoms with Crippen LogP contribution < -0.4 is 0 Å². The molecule has 0 saturated heterocycles. The molecule has 0 aliphatic carbocycles. The van der Waals surface area contributed by atoms with Crippen LogP contribution in [0.25, 0.3) is 0 Å². The van der Waals surface area contributed by atoms with E-state index in [2.05, 4.69) is 142 Å². The molecule has 1 unspecified atom stereocenters. The summed E-state index contributed by atoms with van der Waals surface area (Å²) in [7, 11) is 0. The van der Waals surface area contributed by atoms with Gasteiger partial charge in [0, 0.05) is 19.3 Å². The molecule has 0 spiro atoms. The van der Waals surface area contributed by atoms with Crippen LogP contribution in [0.1, 0.15) is 201 Å². The van der Waals surface area contributed by atoms with Crippen LogP contribution >= 0.6 is 0 Å². The Morgan fingerprint density at radius 3 is 0.984 bits per heavy atom. The molecule has 0 aliphatic heterocycles. The van der Waals surface area contributed by atoms with Crippen LogP contribution in [0, 0.1) is 0 Å². The van der Waals surface area contributed by atoms with Crippen molar-refractivity contribution in [3.63, 3.8) is 0 Å². The molecule has 0 aromatic carbocycles. The zero-order valence-electron chi connectivity index (χ0n) is 40.3. The number of hydrogen-bond donors (Lipinski definition) is 0. The largest absolute Gasteiger partial charge is 0.462 e. The molecule has 0 bridgehead atoms. The highest BCUT2D eigenvalue weighted by Crippen LogP contribution is 2.12. The van der Waals surface area contributed by atoms with Crippen molar-refractivity contribution in [3.05, 3.63) is 122 Å². The third-order valence-corrected chi connectivity index (χ3v) is 9.96. The highest BCUT2D eigenvalue weighted by molar-refractivity contribution is 5.71. The Hall–Kier alpha value is -4.19. The summed E-state index contributed by atoms with van der Waals surface area (Å²) < 4.78 is 16.6. The number of hydrogen-bond acceptors (Lipinski definition) is 6. The van der Waals surface area contributed by atoms with E-state index in [1.165, 1.54) is 0 Å². The Bertz CT molecular complexity index is 1370. The number of unbranched alkanes of at least 4 members (excludes halogenated alkanes) is 12. The lowest BCUT2D eigenvalue weighted by Crippen LogP contribution is -2.30. The van der Waals surface area contributed by atoms with Crippen LogP contribution in [0.15, 0.2) is 122 Å². The van der Waals surface area contributed by atoms with Gasteiger partial charge in [0.05, 0.1) is 0 Å². The second-order valence-electron chi connectivity index (χ2n) is 16.0. The summed E-state index contributed by atoms with van der Waals surface area (Å²) in [4.78, 5) is 37.6. The van der Waals surface area contributed by atoms with Crippen LogP contribution in [0.5, 0.6) is 0 Å². The van der Waals surface area contributed by atoms with Gasteiger partial charge in [-0.25, -0.2) is 0 Å². The standard InChI is InChI=1S/C57H90O6/c1-4-7-10-13-15-17-19-21-22-23-24-25-26-27-28-29-30-31-32-33-34-36-37-39-41-44-47-50-56(59)62-53-54(52-61-55(58)49-46-43-12-9-6-3)63-57(60)51-48-45-42-40-38-35-20-18-16-14-11-8-5-2/h7-8,10-11,15-18,21-22,24-25,27-28,30-31,33-35,38,54H,4-6,9,12-14,19-20,23,26,29,32,36-37,39-53H2,1-3H3/b10-7-,11-8-,17-15-,18-16-,22-21-,25-24-,28-27-,31-30-,34-33-,38-35-. The summed E-state index contributed by atoms with van der Waals surface area (Å²) in [5.41, 5.74) is 0. The van der Waals surface area contributed by atoms with Gasteiger partial charge in [-0.05, 0) is 109 Å². The third-order valence-electron chi connectivity index (χ3n) is 9.96. The highest BCUT2D eigenvalue weighted by atomic mass is 16.6. The van der Waals surface area contributed by atoms with E-state index in [4.69, 9.17) is 14.2 Å². The minimum Gasteiger partial charge on any atom is -0.462 e. The molecule has 6 nitrogen and oxygen atoms in total. The molecule has 0 aromatic rings. The minimum absolute atomic E-state index is 0.100. The minimum atomic E-state index is -0.800. The first-order chi connectivity index (χ1) is 31.0. The molecule has 0 radical (unpaired) electrons. The van der Waals surface area contributed by atoms with E-state index in [0.29, 0.717) is 12.8 Å². The highest BCUT2D eigenvalue weighted by Gasteiger charge is 2.19. The first-order valence-corrected chi connectivity index (χ1v) is 25.0. The summed E-state index contributed by atoms with van der Waals surface area (Å²) in [6, 6.07) is 0. The molecule has 0 fully saturated rings. The van der Waals surface area contributed by atoms with Gasteiger partial charge in [-0.2, -0.15) is 0 Å². The number of rotatable bonds is 43. The Morgan fingerprint density at radius 1 is 0.333 bits per heavy atom. The number of carbonyl (C=O) groups excluding carboxylic acids is 3. The summed E-state index contributed by atoms with van der Waals surface area (Å²) in [6.07, 6.45) is 69.4. The second kappa shape index (κ2) is 50.5. The lowest BCUT2D eigenvalue weighted by atomic mass is 10.1. The maximum Gasteiger partial charge on any atom is 0.306 e. The molecule has 0 heterocycles. The SMILES string of the molecule is CC/C=C\C/C=C\C/C=C\C/C=C\C/C=C\C/C=C\C/C=C\CCCCCCCC(=O)OCC(COC(=O)CCCCCCC)OC(=O)CCCCC/C=C\C/C=C\C/C=C\CC. The van der Waals surface area contributed by atoms with Crippen molar-refractivity contribution in [1.29, 1.82) is 0 Å². The van der Waals surface area contributed by atoms with Crippen molar-refractivity contribution in [2.24, 2.45) is 0 Å². The van der Waals surface area contributed by atoms with E-state index < -0.39 is 6.10 Å². The quantitative estimate of drug-likeness (QED) is 0.0263. The molecular weight excluding hydrogens is 781 g/mol. The van der Waals surface area contributed by atoms with Gasteiger partial charge >= 0.3 is 17.9 Å². The Morgan fingerprint density at radius 2 is 0.619 bits per heavy atom. The average Bonchev–Trinajstić information content (AvgIpc) is 3.28. The van der Waals surface area contributed by atoms with E-state index >= 15 is 0 Å².